The van der Waals surface area contributed by atoms with Gasteiger partial charge in [-0.05, 0) is 51.3 Å². The Balaban J connectivity index is 1.51. The van der Waals surface area contributed by atoms with Crippen molar-refractivity contribution < 1.29 is 19.4 Å². The molecule has 2 aromatic rings. The Bertz CT molecular complexity index is 654. The van der Waals surface area contributed by atoms with Crippen LogP contribution in [0.25, 0.3) is 11.4 Å². The predicted molar refractivity (Wildman–Crippen MR) is 98.0 cm³/mol. The van der Waals surface area contributed by atoms with E-state index < -0.39 is 11.4 Å². The van der Waals surface area contributed by atoms with E-state index in [4.69, 9.17) is 14.6 Å². The number of nitrogens with one attached hydrogen (secondary N) is 1. The van der Waals surface area contributed by atoms with Crippen LogP contribution in [0.2, 0.25) is 0 Å². The molecule has 0 unspecified atom stereocenters. The second kappa shape index (κ2) is 9.91. The van der Waals surface area contributed by atoms with E-state index in [1.165, 1.54) is 0 Å². The normalized spacial score (nSPS) is 11.5. The van der Waals surface area contributed by atoms with Crippen LogP contribution < -0.4 is 4.74 Å². The molecule has 0 radical (unpaired) electrons. The average molecular weight is 361 g/mol. The molecule has 7 nitrogen and oxygen atoms in total. The molecular weight excluding hydrogens is 334 g/mol. The largest absolute Gasteiger partial charge is 0.492 e. The number of carboxylic acid groups (broad SMARTS) is 1. The number of aliphatic carboxylic acids is 1. The van der Waals surface area contributed by atoms with E-state index in [0.29, 0.717) is 13.2 Å². The van der Waals surface area contributed by atoms with Crippen molar-refractivity contribution in [3.8, 4) is 17.1 Å². The van der Waals surface area contributed by atoms with Gasteiger partial charge in [-0.25, -0.2) is 0 Å². The van der Waals surface area contributed by atoms with Gasteiger partial charge in [-0.2, -0.15) is 5.10 Å². The Labute approximate surface area is 153 Å². The minimum atomic E-state index is -0.832. The van der Waals surface area contributed by atoms with Crippen molar-refractivity contribution >= 4 is 5.97 Å². The molecule has 26 heavy (non-hydrogen) atoms. The number of nitrogens with zero attached hydrogens (tertiary/aromatic N) is 2. The highest BCUT2D eigenvalue weighted by Gasteiger charge is 2.27. The van der Waals surface area contributed by atoms with E-state index in [-0.39, 0.29) is 6.61 Å². The van der Waals surface area contributed by atoms with Crippen LogP contribution in [0.1, 0.15) is 39.5 Å². The summed E-state index contributed by atoms with van der Waals surface area (Å²) in [5, 5.41) is 15.8. The molecule has 7 heteroatoms. The highest BCUT2D eigenvalue weighted by atomic mass is 16.5. The van der Waals surface area contributed by atoms with Crippen molar-refractivity contribution in [2.75, 3.05) is 19.8 Å². The lowest BCUT2D eigenvalue weighted by atomic mass is 9.95. The second-order valence-corrected chi connectivity index (χ2v) is 6.85. The van der Waals surface area contributed by atoms with E-state index in [1.807, 2.05) is 18.2 Å². The van der Waals surface area contributed by atoms with Crippen LogP contribution in [-0.2, 0) is 9.53 Å². The van der Waals surface area contributed by atoms with Crippen LogP contribution in [0.4, 0.5) is 0 Å². The van der Waals surface area contributed by atoms with Crippen LogP contribution in [0, 0.1) is 5.41 Å². The van der Waals surface area contributed by atoms with Gasteiger partial charge in [0, 0.05) is 12.8 Å². The molecule has 0 saturated carbocycles. The molecule has 0 amide bonds. The van der Waals surface area contributed by atoms with E-state index in [2.05, 4.69) is 15.2 Å². The number of hydrogen-bond acceptors (Lipinski definition) is 5. The summed E-state index contributed by atoms with van der Waals surface area (Å²) < 4.78 is 11.1. The first-order valence-corrected chi connectivity index (χ1v) is 8.89. The number of aromatic amines is 1. The van der Waals surface area contributed by atoms with Crippen LogP contribution >= 0.6 is 0 Å². The summed E-state index contributed by atoms with van der Waals surface area (Å²) in [6.45, 7) is 4.83. The maximum absolute atomic E-state index is 11.0. The third-order valence-corrected chi connectivity index (χ3v) is 4.01. The molecule has 142 valence electrons. The van der Waals surface area contributed by atoms with Gasteiger partial charge in [0.05, 0.1) is 36.2 Å². The number of hydrogen-bond donors (Lipinski definition) is 2. The van der Waals surface area contributed by atoms with Gasteiger partial charge in [0.15, 0.2) is 0 Å². The molecule has 0 saturated heterocycles. The lowest BCUT2D eigenvalue weighted by Crippen LogP contribution is -2.29. The maximum Gasteiger partial charge on any atom is 0.311 e. The van der Waals surface area contributed by atoms with Gasteiger partial charge in [-0.3, -0.25) is 14.9 Å². The first kappa shape index (κ1) is 19.9. The van der Waals surface area contributed by atoms with Gasteiger partial charge in [0.2, 0.25) is 0 Å². The Morgan fingerprint density at radius 2 is 1.92 bits per heavy atom. The third kappa shape index (κ3) is 6.48. The van der Waals surface area contributed by atoms with Crippen LogP contribution in [0.15, 0.2) is 30.6 Å². The second-order valence-electron chi connectivity index (χ2n) is 6.85. The summed E-state index contributed by atoms with van der Waals surface area (Å²) in [6.07, 6.45) is 7.38. The standard InChI is InChI=1S/C19H27N3O4/c1-19(2,18(23)24)14-25-11-5-3-4-6-12-26-15-7-8-16(20-13-15)17-9-10-21-22-17/h7-10,13H,3-6,11-12,14H2,1-2H3,(H,21,22)(H,23,24). The van der Waals surface area contributed by atoms with Crippen LogP contribution in [-0.4, -0.2) is 46.1 Å². The van der Waals surface area contributed by atoms with Gasteiger partial charge < -0.3 is 14.6 Å². The van der Waals surface area contributed by atoms with E-state index in [9.17, 15) is 4.79 Å². The van der Waals surface area contributed by atoms with Crippen molar-refractivity contribution in [2.45, 2.75) is 39.5 Å². The molecule has 0 aliphatic heterocycles. The van der Waals surface area contributed by atoms with Crippen molar-refractivity contribution in [2.24, 2.45) is 5.41 Å². The lowest BCUT2D eigenvalue weighted by molar-refractivity contribution is -0.150. The topological polar surface area (TPSA) is 97.3 Å². The number of aromatic nitrogens is 3. The zero-order valence-corrected chi connectivity index (χ0v) is 15.4. The van der Waals surface area contributed by atoms with Crippen molar-refractivity contribution in [1.82, 2.24) is 15.2 Å². The highest BCUT2D eigenvalue weighted by Crippen LogP contribution is 2.17. The van der Waals surface area contributed by atoms with E-state index in [1.54, 1.807) is 26.2 Å². The van der Waals surface area contributed by atoms with Gasteiger partial charge in [-0.15, -0.1) is 0 Å². The fourth-order valence-corrected chi connectivity index (χ4v) is 2.26. The number of H-pyrrole nitrogens is 1. The first-order valence-electron chi connectivity index (χ1n) is 8.89. The Morgan fingerprint density at radius 3 is 2.54 bits per heavy atom. The minimum absolute atomic E-state index is 0.243. The number of ether oxygens (including phenoxy) is 2. The quantitative estimate of drug-likeness (QED) is 0.561. The number of unbranched alkanes of at least 4 members (excludes halogenated alkanes) is 3. The number of carbonyl (C=O) groups is 1. The summed E-state index contributed by atoms with van der Waals surface area (Å²) in [5.41, 5.74) is 0.890. The monoisotopic (exact) mass is 361 g/mol. The number of pyridine rings is 1. The van der Waals surface area contributed by atoms with Crippen molar-refractivity contribution in [3.63, 3.8) is 0 Å². The molecule has 0 bridgehead atoms. The molecule has 2 aromatic heterocycles. The molecular formula is C19H27N3O4. The molecule has 2 heterocycles. The number of rotatable bonds is 12. The molecule has 0 aliphatic rings. The Morgan fingerprint density at radius 1 is 1.15 bits per heavy atom. The van der Waals surface area contributed by atoms with Gasteiger partial charge >= 0.3 is 5.97 Å². The van der Waals surface area contributed by atoms with Crippen LogP contribution in [0.5, 0.6) is 5.75 Å². The first-order chi connectivity index (χ1) is 12.5. The SMILES string of the molecule is CC(C)(COCCCCCCOc1ccc(-c2ccn[nH]2)nc1)C(=O)O. The summed E-state index contributed by atoms with van der Waals surface area (Å²) in [7, 11) is 0. The van der Waals surface area contributed by atoms with E-state index >= 15 is 0 Å². The van der Waals surface area contributed by atoms with Gasteiger partial charge in [-0.1, -0.05) is 6.42 Å². The maximum atomic E-state index is 11.0. The Hall–Kier alpha value is -2.41. The highest BCUT2D eigenvalue weighted by molar-refractivity contribution is 5.73. The third-order valence-electron chi connectivity index (χ3n) is 4.01. The molecule has 2 N–H and O–H groups in total. The van der Waals surface area contributed by atoms with Crippen molar-refractivity contribution in [1.29, 1.82) is 0 Å². The van der Waals surface area contributed by atoms with Gasteiger partial charge in [0.1, 0.15) is 5.75 Å². The molecule has 0 fully saturated rings. The Kier molecular flexibility index (Phi) is 7.59. The summed E-state index contributed by atoms with van der Waals surface area (Å²) in [6, 6.07) is 5.68. The molecule has 0 aromatic carbocycles. The fraction of sp³-hybridized carbons (Fsp3) is 0.526. The molecule has 2 rings (SSSR count). The average Bonchev–Trinajstić information content (AvgIpc) is 3.15. The number of carboxylic acids is 1. The zero-order valence-electron chi connectivity index (χ0n) is 15.4. The predicted octanol–water partition coefficient (Wildman–Crippen LogP) is 3.54. The smallest absolute Gasteiger partial charge is 0.311 e. The lowest BCUT2D eigenvalue weighted by Gasteiger charge is -2.18. The van der Waals surface area contributed by atoms with Crippen LogP contribution in [0.3, 0.4) is 0 Å². The molecule has 0 aliphatic carbocycles. The summed E-state index contributed by atoms with van der Waals surface area (Å²) >= 11 is 0. The van der Waals surface area contributed by atoms with E-state index in [0.717, 1.165) is 42.8 Å². The summed E-state index contributed by atoms with van der Waals surface area (Å²) in [4.78, 5) is 15.3. The summed E-state index contributed by atoms with van der Waals surface area (Å²) in [5.74, 6) is -0.0748. The van der Waals surface area contributed by atoms with Gasteiger partial charge in [0.25, 0.3) is 0 Å². The zero-order chi connectivity index (χ0) is 18.8. The molecule has 0 atom stereocenters. The minimum Gasteiger partial charge on any atom is -0.492 e. The fourth-order valence-electron chi connectivity index (χ4n) is 2.26. The van der Waals surface area contributed by atoms with Crippen molar-refractivity contribution in [3.05, 3.63) is 30.6 Å². The molecule has 0 spiro atoms.